The van der Waals surface area contributed by atoms with E-state index < -0.39 is 0 Å². The third kappa shape index (κ3) is 5.07. The number of carbonyl (C=O) groups is 2. The van der Waals surface area contributed by atoms with Crippen LogP contribution in [0, 0.1) is 0 Å². The van der Waals surface area contributed by atoms with E-state index in [9.17, 15) is 14.4 Å². The van der Waals surface area contributed by atoms with Crippen LogP contribution in [0.4, 0.5) is 5.69 Å². The third-order valence-corrected chi connectivity index (χ3v) is 4.71. The molecule has 0 atom stereocenters. The second kappa shape index (κ2) is 9.32. The zero-order valence-corrected chi connectivity index (χ0v) is 16.0. The number of carbonyl (C=O) groups excluding carboxylic acids is 2. The number of hydrogen-bond acceptors (Lipinski definition) is 4. The van der Waals surface area contributed by atoms with Gasteiger partial charge in [-0.15, -0.1) is 0 Å². The van der Waals surface area contributed by atoms with E-state index >= 15 is 0 Å². The number of anilines is 1. The fraction of sp³-hybridized carbons (Fsp3) is 0.381. The minimum atomic E-state index is -0.338. The van der Waals surface area contributed by atoms with E-state index in [1.807, 2.05) is 30.3 Å². The molecule has 0 unspecified atom stereocenters. The summed E-state index contributed by atoms with van der Waals surface area (Å²) in [4.78, 5) is 39.0. The molecule has 2 heterocycles. The van der Waals surface area contributed by atoms with Gasteiger partial charge in [-0.1, -0.05) is 30.3 Å². The van der Waals surface area contributed by atoms with E-state index in [-0.39, 0.29) is 23.1 Å². The molecule has 7 nitrogen and oxygen atoms in total. The maximum absolute atomic E-state index is 12.7. The second-order valence-electron chi connectivity index (χ2n) is 6.85. The number of hydrogen-bond donors (Lipinski definition) is 1. The summed E-state index contributed by atoms with van der Waals surface area (Å²) in [7, 11) is 1.57. The van der Waals surface area contributed by atoms with Gasteiger partial charge in [-0.05, 0) is 24.5 Å². The number of benzene rings is 1. The Bertz CT molecular complexity index is 886. The number of morpholine rings is 1. The van der Waals surface area contributed by atoms with Crippen LogP contribution in [0.1, 0.15) is 28.8 Å². The molecule has 1 aliphatic heterocycles. The number of nitrogens with zero attached hydrogens (tertiary/aromatic N) is 2. The minimum Gasteiger partial charge on any atom is -0.378 e. The molecule has 7 heteroatoms. The van der Waals surface area contributed by atoms with Gasteiger partial charge in [-0.2, -0.15) is 0 Å². The van der Waals surface area contributed by atoms with Crippen molar-refractivity contribution in [3.05, 3.63) is 64.1 Å². The molecule has 28 heavy (non-hydrogen) atoms. The summed E-state index contributed by atoms with van der Waals surface area (Å²) in [5.74, 6) is -0.400. The van der Waals surface area contributed by atoms with Crippen LogP contribution in [0.15, 0.2) is 47.4 Å². The molecule has 1 aliphatic rings. The van der Waals surface area contributed by atoms with Crippen molar-refractivity contribution in [3.8, 4) is 0 Å². The lowest BCUT2D eigenvalue weighted by molar-refractivity contribution is -0.116. The highest BCUT2D eigenvalue weighted by Gasteiger charge is 2.20. The van der Waals surface area contributed by atoms with Gasteiger partial charge in [0, 0.05) is 32.8 Å². The molecule has 1 fully saturated rings. The summed E-state index contributed by atoms with van der Waals surface area (Å²) in [6.07, 6.45) is 3.29. The molecule has 2 aromatic rings. The van der Waals surface area contributed by atoms with Crippen molar-refractivity contribution >= 4 is 17.5 Å². The molecule has 148 valence electrons. The number of amides is 2. The molecular formula is C21H25N3O4. The van der Waals surface area contributed by atoms with Crippen molar-refractivity contribution < 1.29 is 14.3 Å². The molecular weight excluding hydrogens is 358 g/mol. The highest BCUT2D eigenvalue weighted by atomic mass is 16.5. The Kier molecular flexibility index (Phi) is 6.60. The average molecular weight is 383 g/mol. The van der Waals surface area contributed by atoms with Gasteiger partial charge in [-0.25, -0.2) is 0 Å². The van der Waals surface area contributed by atoms with Crippen molar-refractivity contribution in [3.63, 3.8) is 0 Å². The normalized spacial score (nSPS) is 14.0. The summed E-state index contributed by atoms with van der Waals surface area (Å²) in [6, 6.07) is 11.4. The van der Waals surface area contributed by atoms with Gasteiger partial charge in [0.1, 0.15) is 5.69 Å². The van der Waals surface area contributed by atoms with Crippen LogP contribution in [-0.2, 0) is 23.0 Å². The number of aryl methyl sites for hydroxylation is 2. The molecule has 0 radical (unpaired) electrons. The second-order valence-corrected chi connectivity index (χ2v) is 6.85. The van der Waals surface area contributed by atoms with Crippen LogP contribution < -0.4 is 10.9 Å². The Morgan fingerprint density at radius 1 is 1.14 bits per heavy atom. The summed E-state index contributed by atoms with van der Waals surface area (Å²) >= 11 is 0. The number of nitrogens with one attached hydrogen (secondary N) is 1. The molecule has 0 spiro atoms. The Balaban J connectivity index is 1.63. The van der Waals surface area contributed by atoms with Gasteiger partial charge < -0.3 is 19.5 Å². The highest BCUT2D eigenvalue weighted by Crippen LogP contribution is 2.11. The van der Waals surface area contributed by atoms with E-state index in [0.29, 0.717) is 44.7 Å². The molecule has 0 bridgehead atoms. The number of aromatic nitrogens is 1. The van der Waals surface area contributed by atoms with Crippen molar-refractivity contribution in [2.75, 3.05) is 31.6 Å². The molecule has 0 aliphatic carbocycles. The van der Waals surface area contributed by atoms with E-state index in [0.717, 1.165) is 6.42 Å². The Labute approximate surface area is 163 Å². The zero-order valence-electron chi connectivity index (χ0n) is 16.0. The SMILES string of the molecule is Cn1cc(C(=O)N2CCOCC2)cc(NC(=O)CCCc2ccccc2)c1=O. The van der Waals surface area contributed by atoms with Gasteiger partial charge in [-0.3, -0.25) is 14.4 Å². The monoisotopic (exact) mass is 383 g/mol. The first kappa shape index (κ1) is 19.8. The number of pyridine rings is 1. The lowest BCUT2D eigenvalue weighted by atomic mass is 10.1. The zero-order chi connectivity index (χ0) is 19.9. The Hall–Kier alpha value is -2.93. The molecule has 0 saturated carbocycles. The highest BCUT2D eigenvalue weighted by molar-refractivity contribution is 5.96. The molecule has 1 N–H and O–H groups in total. The number of ether oxygens (including phenoxy) is 1. The maximum Gasteiger partial charge on any atom is 0.274 e. The van der Waals surface area contributed by atoms with Gasteiger partial charge in [0.2, 0.25) is 5.91 Å². The quantitative estimate of drug-likeness (QED) is 0.825. The van der Waals surface area contributed by atoms with E-state index in [1.54, 1.807) is 11.9 Å². The largest absolute Gasteiger partial charge is 0.378 e. The van der Waals surface area contributed by atoms with Gasteiger partial charge in [0.25, 0.3) is 11.5 Å². The van der Waals surface area contributed by atoms with Gasteiger partial charge in [0.05, 0.1) is 18.8 Å². The van der Waals surface area contributed by atoms with Crippen molar-refractivity contribution in [2.24, 2.45) is 7.05 Å². The first-order valence-corrected chi connectivity index (χ1v) is 9.46. The van der Waals surface area contributed by atoms with Crippen LogP contribution in [-0.4, -0.2) is 47.6 Å². The molecule has 2 amide bonds. The Morgan fingerprint density at radius 3 is 2.57 bits per heavy atom. The molecule has 3 rings (SSSR count). The standard InChI is InChI=1S/C21H25N3O4/c1-23-15-17(20(26)24-10-12-28-13-11-24)14-18(21(23)27)22-19(25)9-5-8-16-6-3-2-4-7-16/h2-4,6-7,14-15H,5,8-13H2,1H3,(H,22,25). The van der Waals surface area contributed by atoms with Gasteiger partial charge in [0.15, 0.2) is 0 Å². The maximum atomic E-state index is 12.7. The fourth-order valence-corrected chi connectivity index (χ4v) is 3.18. The van der Waals surface area contributed by atoms with E-state index in [4.69, 9.17) is 4.74 Å². The average Bonchev–Trinajstić information content (AvgIpc) is 2.72. The van der Waals surface area contributed by atoms with Crippen LogP contribution in [0.3, 0.4) is 0 Å². The smallest absolute Gasteiger partial charge is 0.274 e. The van der Waals surface area contributed by atoms with Crippen molar-refractivity contribution in [2.45, 2.75) is 19.3 Å². The number of rotatable bonds is 6. The summed E-state index contributed by atoms with van der Waals surface area (Å²) in [5, 5.41) is 2.67. The summed E-state index contributed by atoms with van der Waals surface area (Å²) in [6.45, 7) is 2.04. The lowest BCUT2D eigenvalue weighted by Gasteiger charge is -2.27. The molecule has 1 aromatic carbocycles. The summed E-state index contributed by atoms with van der Waals surface area (Å²) < 4.78 is 6.59. The first-order valence-electron chi connectivity index (χ1n) is 9.46. The minimum absolute atomic E-state index is 0.131. The van der Waals surface area contributed by atoms with Crippen LogP contribution in [0.25, 0.3) is 0 Å². The predicted molar refractivity (Wildman–Crippen MR) is 106 cm³/mol. The lowest BCUT2D eigenvalue weighted by Crippen LogP contribution is -2.41. The van der Waals surface area contributed by atoms with E-state index in [2.05, 4.69) is 5.32 Å². The van der Waals surface area contributed by atoms with Crippen molar-refractivity contribution in [1.29, 1.82) is 0 Å². The van der Waals surface area contributed by atoms with E-state index in [1.165, 1.54) is 22.4 Å². The molecule has 1 saturated heterocycles. The van der Waals surface area contributed by atoms with Crippen molar-refractivity contribution in [1.82, 2.24) is 9.47 Å². The Morgan fingerprint density at radius 2 is 1.86 bits per heavy atom. The predicted octanol–water partition coefficient (Wildman–Crippen LogP) is 1.82. The van der Waals surface area contributed by atoms with Crippen LogP contribution in [0.2, 0.25) is 0 Å². The summed E-state index contributed by atoms with van der Waals surface area (Å²) in [5.41, 5.74) is 1.34. The molecule has 1 aromatic heterocycles. The third-order valence-electron chi connectivity index (χ3n) is 4.71. The van der Waals surface area contributed by atoms with Crippen LogP contribution >= 0.6 is 0 Å². The van der Waals surface area contributed by atoms with Gasteiger partial charge >= 0.3 is 0 Å². The van der Waals surface area contributed by atoms with Crippen LogP contribution in [0.5, 0.6) is 0 Å². The fourth-order valence-electron chi connectivity index (χ4n) is 3.18. The topological polar surface area (TPSA) is 80.6 Å². The first-order chi connectivity index (χ1) is 13.5.